The largest absolute Gasteiger partial charge is 0.665 e. The zero-order valence-corrected chi connectivity index (χ0v) is 8.87. The number of alkyl halides is 2. The molecule has 0 spiro atoms. The predicted octanol–water partition coefficient (Wildman–Crippen LogP) is 2.41. The summed E-state index contributed by atoms with van der Waals surface area (Å²) in [4.78, 5) is 0. The van der Waals surface area contributed by atoms with Gasteiger partial charge >= 0.3 is 6.61 Å². The third kappa shape index (κ3) is 7.17. The van der Waals surface area contributed by atoms with Crippen molar-refractivity contribution in [3.8, 4) is 0 Å². The number of rotatable bonds is 8. The standard InChI is InChI=1S/C9H18F2NO2/c1-7(13-3)6-8(4-5-12-2)14-9(10)11/h7-9H,4-6H2,1-3H3/q-1/t7-,8?/m0/s1. The molecule has 0 bridgehead atoms. The fourth-order valence-corrected chi connectivity index (χ4v) is 1.13. The van der Waals surface area contributed by atoms with Crippen LogP contribution in [0.3, 0.4) is 0 Å². The highest BCUT2D eigenvalue weighted by Crippen LogP contribution is 2.13. The predicted molar refractivity (Wildman–Crippen MR) is 50.7 cm³/mol. The van der Waals surface area contributed by atoms with Crippen molar-refractivity contribution in [2.24, 2.45) is 0 Å². The summed E-state index contributed by atoms with van der Waals surface area (Å²) >= 11 is 0. The van der Waals surface area contributed by atoms with E-state index >= 15 is 0 Å². The van der Waals surface area contributed by atoms with E-state index in [1.54, 1.807) is 14.2 Å². The van der Waals surface area contributed by atoms with Crippen LogP contribution in [-0.4, -0.2) is 39.5 Å². The highest BCUT2D eigenvalue weighted by atomic mass is 19.3. The molecular formula is C9H18F2NO2-. The van der Waals surface area contributed by atoms with Crippen LogP contribution in [0, 0.1) is 0 Å². The van der Waals surface area contributed by atoms with E-state index in [4.69, 9.17) is 4.74 Å². The number of halogens is 2. The number of hydrogen-bond acceptors (Lipinski definition) is 2. The Balaban J connectivity index is 3.83. The fraction of sp³-hybridized carbons (Fsp3) is 1.00. The molecule has 0 aromatic carbocycles. The Labute approximate surface area is 83.8 Å². The molecule has 0 N–H and O–H groups in total. The molecular weight excluding hydrogens is 192 g/mol. The first-order chi connectivity index (χ1) is 6.60. The van der Waals surface area contributed by atoms with Gasteiger partial charge in [-0.2, -0.15) is 15.8 Å². The van der Waals surface area contributed by atoms with Crippen LogP contribution < -0.4 is 0 Å². The maximum absolute atomic E-state index is 12.0. The molecule has 0 saturated carbocycles. The van der Waals surface area contributed by atoms with Crippen LogP contribution in [0.2, 0.25) is 0 Å². The van der Waals surface area contributed by atoms with Gasteiger partial charge in [0.1, 0.15) is 0 Å². The molecule has 2 atom stereocenters. The zero-order chi connectivity index (χ0) is 11.0. The van der Waals surface area contributed by atoms with Crippen molar-refractivity contribution in [3.63, 3.8) is 0 Å². The Morgan fingerprint density at radius 2 is 2.00 bits per heavy atom. The van der Waals surface area contributed by atoms with Crippen molar-refractivity contribution < 1.29 is 18.3 Å². The van der Waals surface area contributed by atoms with Gasteiger partial charge in [0.05, 0.1) is 12.2 Å². The molecule has 0 heterocycles. The second-order valence-electron chi connectivity index (χ2n) is 3.13. The van der Waals surface area contributed by atoms with Gasteiger partial charge in [-0.3, -0.25) is 0 Å². The van der Waals surface area contributed by atoms with Crippen LogP contribution in [0.5, 0.6) is 0 Å². The van der Waals surface area contributed by atoms with Gasteiger partial charge in [-0.15, -0.1) is 6.54 Å². The highest BCUT2D eigenvalue weighted by Gasteiger charge is 2.16. The molecule has 5 heteroatoms. The molecule has 0 saturated heterocycles. The van der Waals surface area contributed by atoms with Crippen molar-refractivity contribution in [3.05, 3.63) is 5.32 Å². The lowest BCUT2D eigenvalue weighted by molar-refractivity contribution is -0.170. The summed E-state index contributed by atoms with van der Waals surface area (Å²) in [6, 6.07) is 0. The molecule has 0 aliphatic heterocycles. The van der Waals surface area contributed by atoms with E-state index in [9.17, 15) is 8.78 Å². The number of ether oxygens (including phenoxy) is 2. The molecule has 1 unspecified atom stereocenters. The number of nitrogens with zero attached hydrogens (tertiary/aromatic N) is 1. The summed E-state index contributed by atoms with van der Waals surface area (Å²) in [6.45, 7) is -0.362. The summed E-state index contributed by atoms with van der Waals surface area (Å²) in [7, 11) is 3.20. The molecule has 0 aromatic heterocycles. The third-order valence-electron chi connectivity index (χ3n) is 1.97. The average molecular weight is 210 g/mol. The summed E-state index contributed by atoms with van der Waals surface area (Å²) < 4.78 is 33.4. The minimum atomic E-state index is -2.72. The molecule has 0 aliphatic carbocycles. The molecule has 86 valence electrons. The van der Waals surface area contributed by atoms with Crippen LogP contribution in [0.15, 0.2) is 0 Å². The van der Waals surface area contributed by atoms with E-state index in [0.717, 1.165) is 0 Å². The van der Waals surface area contributed by atoms with Gasteiger partial charge in [-0.25, -0.2) is 0 Å². The quantitative estimate of drug-likeness (QED) is 0.616. The zero-order valence-electron chi connectivity index (χ0n) is 8.87. The maximum Gasteiger partial charge on any atom is 0.345 e. The lowest BCUT2D eigenvalue weighted by atomic mass is 10.1. The van der Waals surface area contributed by atoms with Crippen molar-refractivity contribution in [2.45, 2.75) is 38.6 Å². The van der Waals surface area contributed by atoms with Gasteiger partial charge < -0.3 is 14.8 Å². The van der Waals surface area contributed by atoms with Crippen LogP contribution in [0.1, 0.15) is 19.8 Å². The van der Waals surface area contributed by atoms with Crippen LogP contribution >= 0.6 is 0 Å². The summed E-state index contributed by atoms with van der Waals surface area (Å²) in [5.41, 5.74) is 0. The highest BCUT2D eigenvalue weighted by molar-refractivity contribution is 4.74. The van der Waals surface area contributed by atoms with Crippen molar-refractivity contribution in [1.29, 1.82) is 0 Å². The normalized spacial score (nSPS) is 15.9. The molecule has 0 fully saturated rings. The smallest absolute Gasteiger partial charge is 0.345 e. The second kappa shape index (κ2) is 8.08. The summed E-state index contributed by atoms with van der Waals surface area (Å²) in [5.74, 6) is 0. The van der Waals surface area contributed by atoms with Crippen LogP contribution in [0.25, 0.3) is 5.32 Å². The molecule has 0 rings (SSSR count). The second-order valence-corrected chi connectivity index (χ2v) is 3.13. The van der Waals surface area contributed by atoms with Crippen LogP contribution in [-0.2, 0) is 9.47 Å². The summed E-state index contributed by atoms with van der Waals surface area (Å²) in [5, 5.41) is 3.85. The lowest BCUT2D eigenvalue weighted by Crippen LogP contribution is -2.23. The van der Waals surface area contributed by atoms with E-state index in [-0.39, 0.29) is 6.10 Å². The topological polar surface area (TPSA) is 32.6 Å². The van der Waals surface area contributed by atoms with Gasteiger partial charge in [0, 0.05) is 7.11 Å². The molecule has 3 nitrogen and oxygen atoms in total. The van der Waals surface area contributed by atoms with Crippen LogP contribution in [0.4, 0.5) is 8.78 Å². The lowest BCUT2D eigenvalue weighted by Gasteiger charge is -2.23. The van der Waals surface area contributed by atoms with Gasteiger partial charge in [0.15, 0.2) is 0 Å². The van der Waals surface area contributed by atoms with E-state index in [1.807, 2.05) is 6.92 Å². The van der Waals surface area contributed by atoms with E-state index < -0.39 is 12.7 Å². The number of methoxy groups -OCH3 is 1. The number of hydrogen-bond donors (Lipinski definition) is 0. The first-order valence-corrected chi connectivity index (χ1v) is 4.62. The van der Waals surface area contributed by atoms with Gasteiger partial charge in [-0.05, 0) is 19.8 Å². The first kappa shape index (κ1) is 13.7. The molecule has 0 amide bonds. The third-order valence-corrected chi connectivity index (χ3v) is 1.97. The Morgan fingerprint density at radius 1 is 1.36 bits per heavy atom. The Kier molecular flexibility index (Phi) is 7.93. The summed E-state index contributed by atoms with van der Waals surface area (Å²) in [6.07, 6.45) is 0.425. The van der Waals surface area contributed by atoms with E-state index in [0.29, 0.717) is 19.4 Å². The van der Waals surface area contributed by atoms with E-state index in [2.05, 4.69) is 10.1 Å². The monoisotopic (exact) mass is 210 g/mol. The first-order valence-electron chi connectivity index (χ1n) is 4.62. The molecule has 14 heavy (non-hydrogen) atoms. The van der Waals surface area contributed by atoms with Gasteiger partial charge in [-0.1, -0.05) is 0 Å². The fourth-order valence-electron chi connectivity index (χ4n) is 1.13. The molecule has 0 radical (unpaired) electrons. The van der Waals surface area contributed by atoms with Crippen molar-refractivity contribution in [2.75, 3.05) is 20.7 Å². The van der Waals surface area contributed by atoms with Crippen molar-refractivity contribution in [1.82, 2.24) is 0 Å². The SMILES string of the molecule is C[N-]CCC(C[C@H](C)OC)OC(F)F. The van der Waals surface area contributed by atoms with Gasteiger partial charge in [0.2, 0.25) is 0 Å². The molecule has 0 aliphatic rings. The Morgan fingerprint density at radius 3 is 2.43 bits per heavy atom. The minimum Gasteiger partial charge on any atom is -0.665 e. The minimum absolute atomic E-state index is 0.0735. The van der Waals surface area contributed by atoms with Gasteiger partial charge in [0.25, 0.3) is 0 Å². The van der Waals surface area contributed by atoms with Crippen molar-refractivity contribution >= 4 is 0 Å². The molecule has 0 aromatic rings. The average Bonchev–Trinajstić information content (AvgIpc) is 2.13. The Bertz CT molecular complexity index is 136. The van der Waals surface area contributed by atoms with E-state index in [1.165, 1.54) is 0 Å². The Hall–Kier alpha value is -0.260. The maximum atomic E-state index is 12.0.